The third-order valence-electron chi connectivity index (χ3n) is 3.43. The zero-order valence-electron chi connectivity index (χ0n) is 13.3. The Hall–Kier alpha value is -2.01. The van der Waals surface area contributed by atoms with Crippen molar-refractivity contribution < 1.29 is 9.47 Å². The van der Waals surface area contributed by atoms with Crippen LogP contribution in [0.3, 0.4) is 0 Å². The molecule has 1 aromatic carbocycles. The average molecular weight is 289 g/mol. The maximum Gasteiger partial charge on any atom is 0.144 e. The van der Waals surface area contributed by atoms with Gasteiger partial charge in [0.15, 0.2) is 0 Å². The number of aromatic nitrogens is 2. The molecule has 5 heteroatoms. The number of nitrogens with zero attached hydrogens (tertiary/aromatic N) is 2. The van der Waals surface area contributed by atoms with Gasteiger partial charge in [-0.05, 0) is 19.1 Å². The van der Waals surface area contributed by atoms with Gasteiger partial charge in [0.05, 0.1) is 20.4 Å². The van der Waals surface area contributed by atoms with Crippen LogP contribution in [0.15, 0.2) is 24.4 Å². The molecule has 0 aliphatic carbocycles. The number of hydrogen-bond donors (Lipinski definition) is 1. The van der Waals surface area contributed by atoms with Gasteiger partial charge in [-0.1, -0.05) is 13.8 Å². The summed E-state index contributed by atoms with van der Waals surface area (Å²) in [5.41, 5.74) is 3.15. The maximum atomic E-state index is 5.43. The van der Waals surface area contributed by atoms with Gasteiger partial charge < -0.3 is 14.8 Å². The molecule has 0 fully saturated rings. The van der Waals surface area contributed by atoms with Crippen LogP contribution in [0.5, 0.6) is 11.5 Å². The normalized spacial score (nSPS) is 11.0. The predicted molar refractivity (Wildman–Crippen MR) is 83.4 cm³/mol. The molecule has 0 aliphatic heterocycles. The molecule has 0 saturated heterocycles. The lowest BCUT2D eigenvalue weighted by molar-refractivity contribution is 0.400. The number of hydrogen-bond acceptors (Lipinski definition) is 4. The molecule has 0 saturated carbocycles. The molecular weight excluding hydrogens is 266 g/mol. The average Bonchev–Trinajstić information content (AvgIpc) is 2.85. The van der Waals surface area contributed by atoms with Gasteiger partial charge in [-0.2, -0.15) is 5.10 Å². The summed E-state index contributed by atoms with van der Waals surface area (Å²) in [7, 11) is 3.31. The van der Waals surface area contributed by atoms with E-state index in [1.807, 2.05) is 29.1 Å². The highest BCUT2D eigenvalue weighted by Gasteiger charge is 2.13. The zero-order valence-corrected chi connectivity index (χ0v) is 13.3. The summed E-state index contributed by atoms with van der Waals surface area (Å²) in [6.45, 7) is 7.12. The molecule has 0 aliphatic rings. The van der Waals surface area contributed by atoms with Gasteiger partial charge in [0, 0.05) is 29.9 Å². The lowest BCUT2D eigenvalue weighted by atomic mass is 10.2. The number of methoxy groups -OCH3 is 2. The number of ether oxygens (including phenoxy) is 2. The van der Waals surface area contributed by atoms with Crippen molar-refractivity contribution in [2.24, 2.45) is 0 Å². The Labute approximate surface area is 125 Å². The summed E-state index contributed by atoms with van der Waals surface area (Å²) < 4.78 is 12.6. The van der Waals surface area contributed by atoms with Gasteiger partial charge in [-0.15, -0.1) is 0 Å². The van der Waals surface area contributed by atoms with Crippen molar-refractivity contribution >= 4 is 0 Å². The fraction of sp³-hybridized carbons (Fsp3) is 0.438. The van der Waals surface area contributed by atoms with Crippen LogP contribution >= 0.6 is 0 Å². The van der Waals surface area contributed by atoms with Crippen LogP contribution < -0.4 is 14.8 Å². The quantitative estimate of drug-likeness (QED) is 0.888. The van der Waals surface area contributed by atoms with Crippen molar-refractivity contribution in [1.29, 1.82) is 0 Å². The molecule has 21 heavy (non-hydrogen) atoms. The van der Waals surface area contributed by atoms with Gasteiger partial charge in [-0.25, -0.2) is 4.68 Å². The molecule has 5 nitrogen and oxygen atoms in total. The van der Waals surface area contributed by atoms with Crippen LogP contribution in [0.25, 0.3) is 5.69 Å². The molecule has 1 heterocycles. The van der Waals surface area contributed by atoms with Crippen molar-refractivity contribution in [3.63, 3.8) is 0 Å². The molecular formula is C16H23N3O2. The fourth-order valence-electron chi connectivity index (χ4n) is 2.14. The largest absolute Gasteiger partial charge is 0.497 e. The molecule has 0 amide bonds. The van der Waals surface area contributed by atoms with E-state index in [9.17, 15) is 0 Å². The first-order chi connectivity index (χ1) is 10.1. The van der Waals surface area contributed by atoms with E-state index in [0.717, 1.165) is 29.4 Å². The van der Waals surface area contributed by atoms with E-state index in [2.05, 4.69) is 31.2 Å². The van der Waals surface area contributed by atoms with E-state index in [4.69, 9.17) is 9.47 Å². The van der Waals surface area contributed by atoms with Crippen molar-refractivity contribution in [1.82, 2.24) is 15.1 Å². The van der Waals surface area contributed by atoms with E-state index in [1.165, 1.54) is 5.56 Å². The van der Waals surface area contributed by atoms with E-state index >= 15 is 0 Å². The lowest BCUT2D eigenvalue weighted by Crippen LogP contribution is -2.22. The summed E-state index contributed by atoms with van der Waals surface area (Å²) in [6, 6.07) is 6.14. The highest BCUT2D eigenvalue weighted by Crippen LogP contribution is 2.28. The molecule has 1 N–H and O–H groups in total. The van der Waals surface area contributed by atoms with Crippen molar-refractivity contribution in [2.75, 3.05) is 14.2 Å². The third-order valence-corrected chi connectivity index (χ3v) is 3.43. The second-order valence-corrected chi connectivity index (χ2v) is 5.24. The minimum Gasteiger partial charge on any atom is -0.497 e. The van der Waals surface area contributed by atoms with E-state index < -0.39 is 0 Å². The van der Waals surface area contributed by atoms with Crippen LogP contribution in [-0.2, 0) is 6.54 Å². The number of benzene rings is 1. The lowest BCUT2D eigenvalue weighted by Gasteiger charge is -2.12. The Kier molecular flexibility index (Phi) is 4.85. The van der Waals surface area contributed by atoms with E-state index in [-0.39, 0.29) is 0 Å². The van der Waals surface area contributed by atoms with Crippen LogP contribution in [0.1, 0.15) is 25.1 Å². The predicted octanol–water partition coefficient (Wildman–Crippen LogP) is 2.70. The first kappa shape index (κ1) is 15.4. The van der Waals surface area contributed by atoms with Crippen LogP contribution in [0.4, 0.5) is 0 Å². The fourth-order valence-corrected chi connectivity index (χ4v) is 2.14. The zero-order chi connectivity index (χ0) is 15.4. The third kappa shape index (κ3) is 3.36. The monoisotopic (exact) mass is 289 g/mol. The molecule has 1 aromatic heterocycles. The Balaban J connectivity index is 2.38. The van der Waals surface area contributed by atoms with Gasteiger partial charge in [0.2, 0.25) is 0 Å². The van der Waals surface area contributed by atoms with E-state index in [1.54, 1.807) is 14.2 Å². The second-order valence-electron chi connectivity index (χ2n) is 5.24. The van der Waals surface area contributed by atoms with Crippen LogP contribution in [0.2, 0.25) is 0 Å². The summed E-state index contributed by atoms with van der Waals surface area (Å²) >= 11 is 0. The first-order valence-corrected chi connectivity index (χ1v) is 7.06. The Morgan fingerprint density at radius 2 is 2.00 bits per heavy atom. The summed E-state index contributed by atoms with van der Waals surface area (Å²) in [5.74, 6) is 1.55. The number of nitrogens with one attached hydrogen (secondary N) is 1. The molecule has 2 rings (SSSR count). The van der Waals surface area contributed by atoms with Gasteiger partial charge in [0.25, 0.3) is 0 Å². The summed E-state index contributed by atoms with van der Waals surface area (Å²) in [6.07, 6.45) is 1.89. The molecule has 0 bridgehead atoms. The summed E-state index contributed by atoms with van der Waals surface area (Å²) in [5, 5.41) is 7.90. The van der Waals surface area contributed by atoms with Crippen molar-refractivity contribution in [3.8, 4) is 17.2 Å². The Bertz CT molecular complexity index is 606. The topological polar surface area (TPSA) is 48.3 Å². The van der Waals surface area contributed by atoms with Crippen molar-refractivity contribution in [2.45, 2.75) is 33.4 Å². The molecule has 2 aromatic rings. The molecule has 0 radical (unpaired) electrons. The minimum atomic E-state index is 0.444. The van der Waals surface area contributed by atoms with Crippen LogP contribution in [-0.4, -0.2) is 30.0 Å². The smallest absolute Gasteiger partial charge is 0.144 e. The Morgan fingerprint density at radius 3 is 2.62 bits per heavy atom. The SMILES string of the molecule is COc1ccc(OC)c(-n2ncc(CNC(C)C)c2C)c1. The highest BCUT2D eigenvalue weighted by molar-refractivity contribution is 5.52. The Morgan fingerprint density at radius 1 is 1.24 bits per heavy atom. The van der Waals surface area contributed by atoms with E-state index in [0.29, 0.717) is 6.04 Å². The van der Waals surface area contributed by atoms with Gasteiger partial charge >= 0.3 is 0 Å². The molecule has 114 valence electrons. The molecule has 0 atom stereocenters. The summed E-state index contributed by atoms with van der Waals surface area (Å²) in [4.78, 5) is 0. The minimum absolute atomic E-state index is 0.444. The molecule has 0 spiro atoms. The second kappa shape index (κ2) is 6.63. The van der Waals surface area contributed by atoms with Crippen LogP contribution in [0, 0.1) is 6.92 Å². The van der Waals surface area contributed by atoms with Crippen molar-refractivity contribution in [3.05, 3.63) is 35.7 Å². The number of rotatable bonds is 6. The first-order valence-electron chi connectivity index (χ1n) is 7.06. The standard InChI is InChI=1S/C16H23N3O2/c1-11(2)17-9-13-10-18-19(12(13)3)15-8-14(20-4)6-7-16(15)21-5/h6-8,10-11,17H,9H2,1-5H3. The van der Waals surface area contributed by atoms with Gasteiger partial charge in [-0.3, -0.25) is 0 Å². The maximum absolute atomic E-state index is 5.43. The molecule has 0 unspecified atom stereocenters. The van der Waals surface area contributed by atoms with Gasteiger partial charge in [0.1, 0.15) is 17.2 Å². The highest BCUT2D eigenvalue weighted by atomic mass is 16.5.